The summed E-state index contributed by atoms with van der Waals surface area (Å²) < 4.78 is 30.7. The van der Waals surface area contributed by atoms with Gasteiger partial charge in [-0.2, -0.15) is 0 Å². The minimum atomic E-state index is 0.0267. The van der Waals surface area contributed by atoms with Crippen molar-refractivity contribution in [2.45, 2.75) is 38.9 Å². The number of phenols is 2. The highest BCUT2D eigenvalue weighted by atomic mass is 16.5. The van der Waals surface area contributed by atoms with Crippen molar-refractivity contribution >= 4 is 0 Å². The Kier molecular flexibility index (Phi) is 11.5. The number of methoxy groups -OCH3 is 6. The van der Waals surface area contributed by atoms with Crippen LogP contribution in [0.4, 0.5) is 0 Å². The van der Waals surface area contributed by atoms with Gasteiger partial charge in [-0.25, -0.2) is 0 Å². The zero-order valence-electron chi connectivity index (χ0n) is 20.2. The van der Waals surface area contributed by atoms with E-state index in [1.807, 2.05) is 13.8 Å². The van der Waals surface area contributed by atoms with Crippen LogP contribution in [0, 0.1) is 0 Å². The van der Waals surface area contributed by atoms with Gasteiger partial charge in [-0.1, -0.05) is 0 Å². The molecule has 8 nitrogen and oxygen atoms in total. The Bertz CT molecular complexity index is 717. The molecule has 0 saturated carbocycles. The van der Waals surface area contributed by atoms with E-state index in [2.05, 4.69) is 0 Å². The molecular weight excluding hydrogens is 416 g/mol. The van der Waals surface area contributed by atoms with Gasteiger partial charge in [0.1, 0.15) is 0 Å². The van der Waals surface area contributed by atoms with Crippen LogP contribution in [0.25, 0.3) is 0 Å². The molecule has 0 aliphatic rings. The Morgan fingerprint density at radius 3 is 1.00 bits per heavy atom. The van der Waals surface area contributed by atoms with Crippen molar-refractivity contribution in [3.05, 3.63) is 35.4 Å². The molecule has 2 N–H and O–H groups in total. The van der Waals surface area contributed by atoms with Gasteiger partial charge >= 0.3 is 0 Å². The van der Waals surface area contributed by atoms with Crippen LogP contribution in [0.2, 0.25) is 0 Å². The van der Waals surface area contributed by atoms with Crippen molar-refractivity contribution in [1.29, 1.82) is 0 Å². The fraction of sp³-hybridized carbons (Fsp3) is 0.500. The Labute approximate surface area is 190 Å². The average molecular weight is 453 g/mol. The van der Waals surface area contributed by atoms with E-state index in [0.29, 0.717) is 23.0 Å². The van der Waals surface area contributed by atoms with E-state index in [9.17, 15) is 10.2 Å². The van der Waals surface area contributed by atoms with Crippen molar-refractivity contribution in [3.63, 3.8) is 0 Å². The summed E-state index contributed by atoms with van der Waals surface area (Å²) in [5, 5.41) is 19.4. The molecule has 0 aromatic heterocycles. The number of hydrogen-bond donors (Lipinski definition) is 2. The van der Waals surface area contributed by atoms with E-state index in [-0.39, 0.29) is 23.7 Å². The summed E-state index contributed by atoms with van der Waals surface area (Å²) in [7, 11) is 9.38. The van der Waals surface area contributed by atoms with E-state index in [4.69, 9.17) is 28.4 Å². The summed E-state index contributed by atoms with van der Waals surface area (Å²) in [5.74, 6) is 1.71. The molecular formula is C24H36O8. The highest BCUT2D eigenvalue weighted by Crippen LogP contribution is 2.38. The molecule has 0 saturated heterocycles. The molecule has 2 atom stereocenters. The fourth-order valence-corrected chi connectivity index (χ4v) is 2.96. The first-order valence-corrected chi connectivity index (χ1v) is 10.2. The summed E-state index contributed by atoms with van der Waals surface area (Å²) in [5.41, 5.74) is 2.00. The molecule has 2 aromatic rings. The summed E-state index contributed by atoms with van der Waals surface area (Å²) in [6, 6.07) is 7.14. The van der Waals surface area contributed by atoms with Crippen molar-refractivity contribution in [1.82, 2.24) is 0 Å². The zero-order chi connectivity index (χ0) is 24.3. The molecule has 0 bridgehead atoms. The summed E-state index contributed by atoms with van der Waals surface area (Å²) in [6.45, 7) is 3.96. The summed E-state index contributed by atoms with van der Waals surface area (Å²) >= 11 is 0. The molecule has 0 aliphatic carbocycles. The van der Waals surface area contributed by atoms with Crippen LogP contribution in [-0.4, -0.2) is 65.1 Å². The minimum Gasteiger partial charge on any atom is -0.502 e. The molecule has 2 aromatic carbocycles. The second kappa shape index (κ2) is 13.5. The molecule has 0 heterocycles. The van der Waals surface area contributed by atoms with E-state index >= 15 is 0 Å². The van der Waals surface area contributed by atoms with Crippen LogP contribution in [0.1, 0.15) is 25.0 Å². The van der Waals surface area contributed by atoms with E-state index in [0.717, 1.165) is 24.0 Å². The lowest BCUT2D eigenvalue weighted by Crippen LogP contribution is -2.08. The molecule has 0 radical (unpaired) electrons. The number of phenolic OH excluding ortho intramolecular Hbond substituents is 2. The summed E-state index contributed by atoms with van der Waals surface area (Å²) in [6.07, 6.45) is 1.70. The topological polar surface area (TPSA) is 95.8 Å². The van der Waals surface area contributed by atoms with Crippen LogP contribution in [0.3, 0.4) is 0 Å². The minimum absolute atomic E-state index is 0.0267. The molecule has 2 rings (SSSR count). The van der Waals surface area contributed by atoms with Crippen LogP contribution >= 0.6 is 0 Å². The van der Waals surface area contributed by atoms with Gasteiger partial charge in [-0.15, -0.1) is 0 Å². The first-order chi connectivity index (χ1) is 15.2. The first-order valence-electron chi connectivity index (χ1n) is 10.2. The predicted molar refractivity (Wildman–Crippen MR) is 123 cm³/mol. The predicted octanol–water partition coefficient (Wildman–Crippen LogP) is 3.97. The smallest absolute Gasteiger partial charge is 0.200 e. The van der Waals surface area contributed by atoms with Crippen LogP contribution < -0.4 is 18.9 Å². The highest BCUT2D eigenvalue weighted by molar-refractivity contribution is 5.53. The highest BCUT2D eigenvalue weighted by Gasteiger charge is 2.13. The standard InChI is InChI=1S/2C12H18O4/c2*1-8(14-2)5-9-6-10(15-3)12(13)11(7-9)16-4/h2*6-8,13H,5H2,1-4H3/t2*8-/m10/s1. The lowest BCUT2D eigenvalue weighted by atomic mass is 10.1. The number of aromatic hydroxyl groups is 2. The zero-order valence-corrected chi connectivity index (χ0v) is 20.2. The maximum atomic E-state index is 9.72. The Balaban J connectivity index is 0.000000320. The Morgan fingerprint density at radius 2 is 0.812 bits per heavy atom. The Hall–Kier alpha value is -2.84. The van der Waals surface area contributed by atoms with E-state index in [1.165, 1.54) is 28.4 Å². The van der Waals surface area contributed by atoms with Crippen molar-refractivity contribution < 1.29 is 38.6 Å². The van der Waals surface area contributed by atoms with Gasteiger partial charge in [0.05, 0.1) is 40.6 Å². The van der Waals surface area contributed by atoms with Gasteiger partial charge in [-0.05, 0) is 62.1 Å². The SMILES string of the molecule is COc1cc(C[C@@H](C)OC)cc(OC)c1O.COc1cc(C[C@H](C)OC)cc(OC)c1O. The van der Waals surface area contributed by atoms with Crippen molar-refractivity contribution in [2.75, 3.05) is 42.7 Å². The molecule has 32 heavy (non-hydrogen) atoms. The monoisotopic (exact) mass is 452 g/mol. The normalized spacial score (nSPS) is 12.2. The van der Waals surface area contributed by atoms with Gasteiger partial charge in [0, 0.05) is 14.2 Å². The lowest BCUT2D eigenvalue weighted by Gasteiger charge is -2.13. The number of benzene rings is 2. The molecule has 0 amide bonds. The van der Waals surface area contributed by atoms with Gasteiger partial charge in [0.2, 0.25) is 11.5 Å². The van der Waals surface area contributed by atoms with Crippen LogP contribution in [-0.2, 0) is 22.3 Å². The largest absolute Gasteiger partial charge is 0.502 e. The lowest BCUT2D eigenvalue weighted by molar-refractivity contribution is 0.118. The van der Waals surface area contributed by atoms with Gasteiger partial charge in [-0.3, -0.25) is 0 Å². The summed E-state index contributed by atoms with van der Waals surface area (Å²) in [4.78, 5) is 0. The fourth-order valence-electron chi connectivity index (χ4n) is 2.96. The molecule has 0 spiro atoms. The third-order valence-corrected chi connectivity index (χ3v) is 4.93. The average Bonchev–Trinajstić information content (AvgIpc) is 2.80. The van der Waals surface area contributed by atoms with E-state index < -0.39 is 0 Å². The van der Waals surface area contributed by atoms with E-state index in [1.54, 1.807) is 38.5 Å². The third-order valence-electron chi connectivity index (χ3n) is 4.93. The molecule has 0 aliphatic heterocycles. The number of hydrogen-bond acceptors (Lipinski definition) is 8. The van der Waals surface area contributed by atoms with Crippen LogP contribution in [0.5, 0.6) is 34.5 Å². The number of ether oxygens (including phenoxy) is 6. The molecule has 180 valence electrons. The van der Waals surface area contributed by atoms with Gasteiger partial charge in [0.15, 0.2) is 23.0 Å². The van der Waals surface area contributed by atoms with Crippen LogP contribution in [0.15, 0.2) is 24.3 Å². The third kappa shape index (κ3) is 7.69. The first kappa shape index (κ1) is 27.2. The van der Waals surface area contributed by atoms with Gasteiger partial charge < -0.3 is 38.6 Å². The number of rotatable bonds is 10. The Morgan fingerprint density at radius 1 is 0.562 bits per heavy atom. The van der Waals surface area contributed by atoms with Crippen molar-refractivity contribution in [3.8, 4) is 34.5 Å². The van der Waals surface area contributed by atoms with Gasteiger partial charge in [0.25, 0.3) is 0 Å². The quantitative estimate of drug-likeness (QED) is 0.559. The molecule has 0 fully saturated rings. The maximum absolute atomic E-state index is 9.72. The van der Waals surface area contributed by atoms with Crippen molar-refractivity contribution in [2.24, 2.45) is 0 Å². The molecule has 0 unspecified atom stereocenters. The second-order valence-electron chi connectivity index (χ2n) is 7.20. The second-order valence-corrected chi connectivity index (χ2v) is 7.20. The maximum Gasteiger partial charge on any atom is 0.200 e. The molecule has 8 heteroatoms.